The first-order chi connectivity index (χ1) is 8.78. The number of hydrogen-bond acceptors (Lipinski definition) is 3. The van der Waals surface area contributed by atoms with Crippen LogP contribution < -0.4 is 10.5 Å². The third-order valence-electron chi connectivity index (χ3n) is 3.70. The predicted molar refractivity (Wildman–Crippen MR) is 72.9 cm³/mol. The topological polar surface area (TPSA) is 44.5 Å². The average Bonchev–Trinajstić information content (AvgIpc) is 3.16. The third-order valence-corrected chi connectivity index (χ3v) is 3.70. The van der Waals surface area contributed by atoms with Gasteiger partial charge in [0.2, 0.25) is 0 Å². The van der Waals surface area contributed by atoms with Gasteiger partial charge in [0.25, 0.3) is 0 Å². The molecule has 1 aromatic carbocycles. The van der Waals surface area contributed by atoms with Crippen molar-refractivity contribution < 1.29 is 9.47 Å². The van der Waals surface area contributed by atoms with E-state index in [4.69, 9.17) is 15.2 Å². The highest BCUT2D eigenvalue weighted by Crippen LogP contribution is 2.48. The Morgan fingerprint density at radius 2 is 1.94 bits per heavy atom. The third kappa shape index (κ3) is 3.72. The number of nitrogens with two attached hydrogens (primary N) is 1. The van der Waals surface area contributed by atoms with E-state index in [0.29, 0.717) is 5.41 Å². The molecule has 0 bridgehead atoms. The van der Waals surface area contributed by atoms with Gasteiger partial charge in [-0.3, -0.25) is 0 Å². The quantitative estimate of drug-likeness (QED) is 0.769. The van der Waals surface area contributed by atoms with Gasteiger partial charge < -0.3 is 15.2 Å². The van der Waals surface area contributed by atoms with Gasteiger partial charge in [0, 0.05) is 12.5 Å². The summed E-state index contributed by atoms with van der Waals surface area (Å²) in [6.45, 7) is 2.33. The smallest absolute Gasteiger partial charge is 0.119 e. The molecule has 3 nitrogen and oxygen atoms in total. The summed E-state index contributed by atoms with van der Waals surface area (Å²) >= 11 is 0. The van der Waals surface area contributed by atoms with E-state index < -0.39 is 0 Å². The minimum atomic E-state index is 0.378. The van der Waals surface area contributed by atoms with E-state index in [1.165, 1.54) is 18.4 Å². The van der Waals surface area contributed by atoms with E-state index in [2.05, 4.69) is 12.1 Å². The second-order valence-corrected chi connectivity index (χ2v) is 5.21. The van der Waals surface area contributed by atoms with Gasteiger partial charge in [0.15, 0.2) is 0 Å². The molecule has 100 valence electrons. The van der Waals surface area contributed by atoms with Crippen LogP contribution in [0, 0.1) is 5.41 Å². The van der Waals surface area contributed by atoms with Crippen LogP contribution in [0.5, 0.6) is 5.75 Å². The van der Waals surface area contributed by atoms with Crippen molar-refractivity contribution in [2.45, 2.75) is 25.7 Å². The van der Waals surface area contributed by atoms with Crippen LogP contribution in [0.2, 0.25) is 0 Å². The van der Waals surface area contributed by atoms with E-state index in [1.807, 2.05) is 12.1 Å². The van der Waals surface area contributed by atoms with Crippen LogP contribution in [0.1, 0.15) is 24.8 Å². The van der Waals surface area contributed by atoms with Crippen LogP contribution in [0.25, 0.3) is 0 Å². The molecule has 1 aromatic rings. The Balaban J connectivity index is 1.79. The number of rotatable bonds is 8. The Bertz CT molecular complexity index is 357. The minimum absolute atomic E-state index is 0.378. The maximum atomic E-state index is 5.86. The van der Waals surface area contributed by atoms with Crippen LogP contribution in [-0.4, -0.2) is 26.9 Å². The van der Waals surface area contributed by atoms with Gasteiger partial charge >= 0.3 is 0 Å². The van der Waals surface area contributed by atoms with Crippen LogP contribution in [0.3, 0.4) is 0 Å². The lowest BCUT2D eigenvalue weighted by Crippen LogP contribution is -2.17. The Labute approximate surface area is 109 Å². The molecule has 0 unspecified atom stereocenters. The molecule has 1 fully saturated rings. The number of hydrogen-bond donors (Lipinski definition) is 1. The van der Waals surface area contributed by atoms with Gasteiger partial charge in [-0.2, -0.15) is 0 Å². The molecule has 0 saturated heterocycles. The molecule has 3 heteroatoms. The molecule has 0 aliphatic heterocycles. The van der Waals surface area contributed by atoms with E-state index in [1.54, 1.807) is 7.11 Å². The Hall–Kier alpha value is -1.06. The monoisotopic (exact) mass is 249 g/mol. The Morgan fingerprint density at radius 1 is 1.22 bits per heavy atom. The molecule has 2 rings (SSSR count). The zero-order valence-electron chi connectivity index (χ0n) is 11.2. The predicted octanol–water partition coefficient (Wildman–Crippen LogP) is 2.38. The van der Waals surface area contributed by atoms with Crippen molar-refractivity contribution in [1.82, 2.24) is 0 Å². The van der Waals surface area contributed by atoms with Crippen molar-refractivity contribution in [2.75, 3.05) is 26.9 Å². The lowest BCUT2D eigenvalue weighted by Gasteiger charge is -2.15. The van der Waals surface area contributed by atoms with E-state index >= 15 is 0 Å². The summed E-state index contributed by atoms with van der Waals surface area (Å²) in [5.74, 6) is 0.958. The summed E-state index contributed by atoms with van der Waals surface area (Å²) in [7, 11) is 1.73. The lowest BCUT2D eigenvalue weighted by molar-refractivity contribution is 0.202. The molecular formula is C15H23NO2. The standard InChI is InChI=1S/C15H23NO2/c1-17-11-6-13-2-4-14(5-3-13)18-12-15(7-8-15)9-10-16/h2-5H,6-12,16H2,1H3. The van der Waals surface area contributed by atoms with Crippen molar-refractivity contribution in [3.8, 4) is 5.75 Å². The van der Waals surface area contributed by atoms with Gasteiger partial charge in [-0.1, -0.05) is 12.1 Å². The van der Waals surface area contributed by atoms with Crippen molar-refractivity contribution in [2.24, 2.45) is 11.1 Å². The van der Waals surface area contributed by atoms with Crippen molar-refractivity contribution >= 4 is 0 Å². The fourth-order valence-electron chi connectivity index (χ4n) is 2.16. The van der Waals surface area contributed by atoms with Crippen LogP contribution in [0.15, 0.2) is 24.3 Å². The fourth-order valence-corrected chi connectivity index (χ4v) is 2.16. The van der Waals surface area contributed by atoms with Gasteiger partial charge in [-0.15, -0.1) is 0 Å². The highest BCUT2D eigenvalue weighted by Gasteiger charge is 2.42. The molecule has 0 aromatic heterocycles. The van der Waals surface area contributed by atoms with Gasteiger partial charge in [0.05, 0.1) is 13.2 Å². The molecule has 0 atom stereocenters. The number of benzene rings is 1. The summed E-state index contributed by atoms with van der Waals surface area (Å²) in [5, 5.41) is 0. The molecule has 0 radical (unpaired) electrons. The highest BCUT2D eigenvalue weighted by atomic mass is 16.5. The first kappa shape index (κ1) is 13.4. The average molecular weight is 249 g/mol. The molecule has 2 N–H and O–H groups in total. The summed E-state index contributed by atoms with van der Waals surface area (Å²) < 4.78 is 10.9. The summed E-state index contributed by atoms with van der Waals surface area (Å²) in [6, 6.07) is 8.31. The summed E-state index contributed by atoms with van der Waals surface area (Å²) in [4.78, 5) is 0. The molecule has 18 heavy (non-hydrogen) atoms. The zero-order chi connectivity index (χ0) is 12.8. The van der Waals surface area contributed by atoms with Crippen LogP contribution in [0.4, 0.5) is 0 Å². The molecule has 1 aliphatic rings. The van der Waals surface area contributed by atoms with E-state index in [9.17, 15) is 0 Å². The maximum Gasteiger partial charge on any atom is 0.119 e. The zero-order valence-corrected chi connectivity index (χ0v) is 11.2. The molecule has 0 spiro atoms. The second kappa shape index (κ2) is 6.21. The second-order valence-electron chi connectivity index (χ2n) is 5.21. The lowest BCUT2D eigenvalue weighted by atomic mass is 10.0. The minimum Gasteiger partial charge on any atom is -0.493 e. The Kier molecular flexibility index (Phi) is 4.61. The van der Waals surface area contributed by atoms with Crippen LogP contribution >= 0.6 is 0 Å². The fraction of sp³-hybridized carbons (Fsp3) is 0.600. The van der Waals surface area contributed by atoms with Gasteiger partial charge in [0.1, 0.15) is 5.75 Å². The van der Waals surface area contributed by atoms with Crippen molar-refractivity contribution in [1.29, 1.82) is 0 Å². The molecule has 1 aliphatic carbocycles. The Morgan fingerprint density at radius 3 is 2.50 bits per heavy atom. The van der Waals surface area contributed by atoms with E-state index in [-0.39, 0.29) is 0 Å². The number of methoxy groups -OCH3 is 1. The van der Waals surface area contributed by atoms with Crippen molar-refractivity contribution in [3.05, 3.63) is 29.8 Å². The van der Waals surface area contributed by atoms with E-state index in [0.717, 1.165) is 38.3 Å². The largest absolute Gasteiger partial charge is 0.493 e. The molecule has 0 amide bonds. The van der Waals surface area contributed by atoms with Crippen LogP contribution in [-0.2, 0) is 11.2 Å². The first-order valence-corrected chi connectivity index (χ1v) is 6.69. The molecule has 0 heterocycles. The normalized spacial score (nSPS) is 16.6. The maximum absolute atomic E-state index is 5.86. The van der Waals surface area contributed by atoms with Crippen molar-refractivity contribution in [3.63, 3.8) is 0 Å². The number of ether oxygens (including phenoxy) is 2. The highest BCUT2D eigenvalue weighted by molar-refractivity contribution is 5.27. The van der Waals surface area contributed by atoms with Gasteiger partial charge in [-0.25, -0.2) is 0 Å². The molecule has 1 saturated carbocycles. The SMILES string of the molecule is COCCc1ccc(OCC2(CCN)CC2)cc1. The first-order valence-electron chi connectivity index (χ1n) is 6.69. The van der Waals surface area contributed by atoms with Gasteiger partial charge in [-0.05, 0) is 49.9 Å². The summed E-state index contributed by atoms with van der Waals surface area (Å²) in [6.07, 6.45) is 4.55. The summed E-state index contributed by atoms with van der Waals surface area (Å²) in [5.41, 5.74) is 7.29. The molecular weight excluding hydrogens is 226 g/mol.